The van der Waals surface area contributed by atoms with Gasteiger partial charge in [-0.3, -0.25) is 4.90 Å². The second-order valence-corrected chi connectivity index (χ2v) is 5.48. The summed E-state index contributed by atoms with van der Waals surface area (Å²) >= 11 is 0. The van der Waals surface area contributed by atoms with E-state index in [9.17, 15) is 0 Å². The Balaban J connectivity index is 0.000001000. The summed E-state index contributed by atoms with van der Waals surface area (Å²) in [5, 5.41) is 12.3. The molecule has 0 atom stereocenters. The topological polar surface area (TPSA) is 39.1 Å². The zero-order valence-corrected chi connectivity index (χ0v) is 13.1. The highest BCUT2D eigenvalue weighted by atomic mass is 35.5. The zero-order chi connectivity index (χ0) is 12.4. The summed E-state index contributed by atoms with van der Waals surface area (Å²) in [4.78, 5) is 2.27. The van der Waals surface area contributed by atoms with Gasteiger partial charge in [-0.05, 0) is 24.0 Å². The Bertz CT molecular complexity index is 476. The molecular formula is C15H21Cl2N3. The Morgan fingerprint density at radius 2 is 1.90 bits per heavy atom. The van der Waals surface area contributed by atoms with Crippen LogP contribution in [0.25, 0.3) is 0 Å². The van der Waals surface area contributed by atoms with Crippen LogP contribution >= 0.6 is 24.8 Å². The van der Waals surface area contributed by atoms with Crippen molar-refractivity contribution in [2.24, 2.45) is 0 Å². The van der Waals surface area contributed by atoms with E-state index in [1.807, 2.05) is 0 Å². The minimum atomic E-state index is 0. The van der Waals surface area contributed by atoms with Gasteiger partial charge in [0.15, 0.2) is 0 Å². The standard InChI is InChI=1S/C15H19N3.2ClH/c16-7-10-18-8-5-15(6-9-18)12-17-11-13-3-1-2-4-14(13)15;;/h1-4,17H,5-6,8-12H2;2*1H. The van der Waals surface area contributed by atoms with Crippen LogP contribution in [0.4, 0.5) is 0 Å². The van der Waals surface area contributed by atoms with Crippen molar-refractivity contribution in [1.29, 1.82) is 5.26 Å². The van der Waals surface area contributed by atoms with E-state index in [-0.39, 0.29) is 24.8 Å². The molecule has 0 bridgehead atoms. The van der Waals surface area contributed by atoms with Crippen LogP contribution < -0.4 is 5.32 Å². The first-order valence-corrected chi connectivity index (χ1v) is 6.72. The fraction of sp³-hybridized carbons (Fsp3) is 0.533. The molecule has 0 saturated carbocycles. The second-order valence-electron chi connectivity index (χ2n) is 5.48. The molecule has 1 fully saturated rings. The summed E-state index contributed by atoms with van der Waals surface area (Å²) in [6.07, 6.45) is 2.33. The first-order chi connectivity index (χ1) is 8.84. The Kier molecular flexibility index (Phi) is 6.29. The molecule has 2 aliphatic rings. The molecule has 0 aromatic heterocycles. The quantitative estimate of drug-likeness (QED) is 0.810. The third-order valence-corrected chi connectivity index (χ3v) is 4.48. The van der Waals surface area contributed by atoms with Gasteiger partial charge in [0.25, 0.3) is 0 Å². The van der Waals surface area contributed by atoms with E-state index < -0.39 is 0 Å². The summed E-state index contributed by atoms with van der Waals surface area (Å²) in [5.41, 5.74) is 3.30. The highest BCUT2D eigenvalue weighted by molar-refractivity contribution is 5.85. The molecule has 0 unspecified atom stereocenters. The van der Waals surface area contributed by atoms with E-state index in [1.54, 1.807) is 5.56 Å². The van der Waals surface area contributed by atoms with Crippen LogP contribution in [0.1, 0.15) is 24.0 Å². The number of halogens is 2. The number of likely N-dealkylation sites (tertiary alicyclic amines) is 1. The van der Waals surface area contributed by atoms with Crippen LogP contribution in [-0.2, 0) is 12.0 Å². The predicted octanol–water partition coefficient (Wildman–Crippen LogP) is 2.49. The van der Waals surface area contributed by atoms with Crippen molar-refractivity contribution in [3.63, 3.8) is 0 Å². The van der Waals surface area contributed by atoms with Gasteiger partial charge in [0, 0.05) is 31.6 Å². The molecule has 3 nitrogen and oxygen atoms in total. The number of nitrogens with zero attached hydrogens (tertiary/aromatic N) is 2. The lowest BCUT2D eigenvalue weighted by Crippen LogP contribution is -2.50. The fourth-order valence-corrected chi connectivity index (χ4v) is 3.41. The predicted molar refractivity (Wildman–Crippen MR) is 85.6 cm³/mol. The van der Waals surface area contributed by atoms with Gasteiger partial charge in [-0.25, -0.2) is 0 Å². The molecule has 3 rings (SSSR count). The molecule has 0 radical (unpaired) electrons. The highest BCUT2D eigenvalue weighted by Crippen LogP contribution is 2.38. The van der Waals surface area contributed by atoms with E-state index in [4.69, 9.17) is 5.26 Å². The zero-order valence-electron chi connectivity index (χ0n) is 11.5. The van der Waals surface area contributed by atoms with Gasteiger partial charge in [-0.15, -0.1) is 24.8 Å². The largest absolute Gasteiger partial charge is 0.312 e. The molecule has 110 valence electrons. The number of fused-ring (bicyclic) bond motifs is 2. The van der Waals surface area contributed by atoms with Crippen LogP contribution in [0.2, 0.25) is 0 Å². The molecule has 0 aliphatic carbocycles. The van der Waals surface area contributed by atoms with E-state index in [0.29, 0.717) is 12.0 Å². The van der Waals surface area contributed by atoms with Crippen LogP contribution in [0.15, 0.2) is 24.3 Å². The van der Waals surface area contributed by atoms with Gasteiger partial charge >= 0.3 is 0 Å². The molecular weight excluding hydrogens is 293 g/mol. The molecule has 20 heavy (non-hydrogen) atoms. The fourth-order valence-electron chi connectivity index (χ4n) is 3.41. The average Bonchev–Trinajstić information content (AvgIpc) is 2.43. The Morgan fingerprint density at radius 1 is 1.20 bits per heavy atom. The van der Waals surface area contributed by atoms with Crippen molar-refractivity contribution in [2.75, 3.05) is 26.2 Å². The second kappa shape index (κ2) is 7.28. The number of piperidine rings is 1. The van der Waals surface area contributed by atoms with Gasteiger partial charge in [-0.2, -0.15) is 5.26 Å². The molecule has 1 saturated heterocycles. The summed E-state index contributed by atoms with van der Waals surface area (Å²) in [5.74, 6) is 0. The van der Waals surface area contributed by atoms with E-state index in [0.717, 1.165) is 26.2 Å². The van der Waals surface area contributed by atoms with Gasteiger partial charge in [0.05, 0.1) is 12.6 Å². The Hall–Kier alpha value is -0.790. The molecule has 1 aromatic carbocycles. The van der Waals surface area contributed by atoms with Crippen molar-refractivity contribution in [1.82, 2.24) is 10.2 Å². The van der Waals surface area contributed by atoms with Crippen molar-refractivity contribution >= 4 is 24.8 Å². The van der Waals surface area contributed by atoms with Crippen LogP contribution in [-0.4, -0.2) is 31.1 Å². The van der Waals surface area contributed by atoms with Crippen molar-refractivity contribution in [3.8, 4) is 6.07 Å². The molecule has 5 heteroatoms. The number of benzene rings is 1. The maximum Gasteiger partial charge on any atom is 0.0865 e. The molecule has 1 aromatic rings. The maximum atomic E-state index is 8.77. The average molecular weight is 314 g/mol. The third-order valence-electron chi connectivity index (χ3n) is 4.48. The van der Waals surface area contributed by atoms with Gasteiger partial charge in [-0.1, -0.05) is 24.3 Å². The van der Waals surface area contributed by atoms with E-state index >= 15 is 0 Å². The number of nitrogens with one attached hydrogen (secondary N) is 1. The van der Waals surface area contributed by atoms with Crippen molar-refractivity contribution in [2.45, 2.75) is 24.8 Å². The van der Waals surface area contributed by atoms with Crippen LogP contribution in [0.5, 0.6) is 0 Å². The van der Waals surface area contributed by atoms with E-state index in [2.05, 4.69) is 40.6 Å². The molecule has 1 spiro atoms. The Labute approximate surface area is 133 Å². The first kappa shape index (κ1) is 17.3. The number of hydrogen-bond donors (Lipinski definition) is 1. The molecule has 2 heterocycles. The monoisotopic (exact) mass is 313 g/mol. The normalized spacial score (nSPS) is 20.1. The van der Waals surface area contributed by atoms with Crippen LogP contribution in [0, 0.1) is 11.3 Å². The van der Waals surface area contributed by atoms with Crippen molar-refractivity contribution < 1.29 is 0 Å². The van der Waals surface area contributed by atoms with Crippen LogP contribution in [0.3, 0.4) is 0 Å². The Morgan fingerprint density at radius 3 is 2.60 bits per heavy atom. The summed E-state index contributed by atoms with van der Waals surface area (Å²) in [6, 6.07) is 11.1. The summed E-state index contributed by atoms with van der Waals surface area (Å²) < 4.78 is 0. The van der Waals surface area contributed by atoms with Crippen molar-refractivity contribution in [3.05, 3.63) is 35.4 Å². The van der Waals surface area contributed by atoms with Gasteiger partial charge in [0.2, 0.25) is 0 Å². The SMILES string of the molecule is Cl.Cl.N#CCN1CCC2(CC1)CNCc1ccccc12. The minimum Gasteiger partial charge on any atom is -0.312 e. The summed E-state index contributed by atoms with van der Waals surface area (Å²) in [6.45, 7) is 4.75. The number of hydrogen-bond acceptors (Lipinski definition) is 3. The van der Waals surface area contributed by atoms with Gasteiger partial charge in [0.1, 0.15) is 0 Å². The number of nitriles is 1. The third kappa shape index (κ3) is 3.10. The van der Waals surface area contributed by atoms with E-state index in [1.165, 1.54) is 18.4 Å². The smallest absolute Gasteiger partial charge is 0.0865 e. The molecule has 2 aliphatic heterocycles. The first-order valence-electron chi connectivity index (χ1n) is 6.72. The lowest BCUT2D eigenvalue weighted by molar-refractivity contribution is 0.164. The minimum absolute atomic E-state index is 0. The number of rotatable bonds is 1. The lowest BCUT2D eigenvalue weighted by Gasteiger charge is -2.45. The summed E-state index contributed by atoms with van der Waals surface area (Å²) in [7, 11) is 0. The molecule has 0 amide bonds. The molecule has 1 N–H and O–H groups in total. The van der Waals surface area contributed by atoms with Gasteiger partial charge < -0.3 is 5.32 Å². The maximum absolute atomic E-state index is 8.77. The lowest BCUT2D eigenvalue weighted by atomic mass is 9.69. The highest BCUT2D eigenvalue weighted by Gasteiger charge is 2.38.